The van der Waals surface area contributed by atoms with Crippen molar-refractivity contribution in [1.29, 1.82) is 0 Å². The largest absolute Gasteiger partial charge is 0.358 e. The van der Waals surface area contributed by atoms with E-state index in [1.165, 1.54) is 36.8 Å². The minimum absolute atomic E-state index is 0.548. The van der Waals surface area contributed by atoms with Crippen molar-refractivity contribution in [3.8, 4) is 0 Å². The monoisotopic (exact) mass is 424 g/mol. The number of aryl methyl sites for hydroxylation is 1. The maximum atomic E-state index is 5.53. The third-order valence-electron chi connectivity index (χ3n) is 5.91. The van der Waals surface area contributed by atoms with Crippen molar-refractivity contribution in [3.05, 3.63) is 41.5 Å². The summed E-state index contributed by atoms with van der Waals surface area (Å²) in [6, 6.07) is 10.6. The van der Waals surface area contributed by atoms with Crippen LogP contribution in [0.3, 0.4) is 0 Å². The summed E-state index contributed by atoms with van der Waals surface area (Å²) in [6.07, 6.45) is 4.95. The molecule has 1 atom stereocenters. The molecule has 2 saturated heterocycles. The van der Waals surface area contributed by atoms with Gasteiger partial charge in [0.15, 0.2) is 5.11 Å². The van der Waals surface area contributed by atoms with E-state index in [4.69, 9.17) is 22.2 Å². The van der Waals surface area contributed by atoms with Gasteiger partial charge >= 0.3 is 0 Å². The van der Waals surface area contributed by atoms with Crippen molar-refractivity contribution in [1.82, 2.24) is 15.3 Å². The van der Waals surface area contributed by atoms with Gasteiger partial charge in [-0.05, 0) is 56.3 Å². The van der Waals surface area contributed by atoms with E-state index in [9.17, 15) is 0 Å². The van der Waals surface area contributed by atoms with E-state index in [2.05, 4.69) is 64.6 Å². The summed E-state index contributed by atoms with van der Waals surface area (Å²) >= 11 is 5.53. The molecule has 2 aromatic rings. The average Bonchev–Trinajstić information content (AvgIpc) is 3.28. The van der Waals surface area contributed by atoms with E-state index < -0.39 is 0 Å². The maximum Gasteiger partial charge on any atom is 0.232 e. The number of hydrogen-bond donors (Lipinski definition) is 2. The Morgan fingerprint density at radius 2 is 1.70 bits per heavy atom. The molecule has 2 fully saturated rings. The van der Waals surface area contributed by atoms with Gasteiger partial charge in [-0.25, -0.2) is 0 Å². The highest BCUT2D eigenvalue weighted by Crippen LogP contribution is 2.27. The first-order valence-electron chi connectivity index (χ1n) is 11.1. The zero-order chi connectivity index (χ0) is 20.9. The number of piperidine rings is 1. The standard InChI is InChI=1S/C23H32N6S/c1-17-7-9-19(10-8-17)15-24-23(30)27-22-25-20(28-11-3-4-12-28)14-21(26-22)29-13-5-6-18(2)16-29/h7-10,14,18H,3-6,11-13,15-16H2,1-2H3,(H2,24,25,26,27,30)/t18-/m1/s1. The minimum atomic E-state index is 0.548. The average molecular weight is 425 g/mol. The van der Waals surface area contributed by atoms with Crippen LogP contribution < -0.4 is 20.4 Å². The highest BCUT2D eigenvalue weighted by molar-refractivity contribution is 7.80. The lowest BCUT2D eigenvalue weighted by molar-refractivity contribution is 0.444. The van der Waals surface area contributed by atoms with Crippen LogP contribution in [0.1, 0.15) is 43.7 Å². The summed E-state index contributed by atoms with van der Waals surface area (Å²) < 4.78 is 0. The first-order chi connectivity index (χ1) is 14.6. The number of nitrogens with zero attached hydrogens (tertiary/aromatic N) is 4. The Hall–Kier alpha value is -2.41. The molecule has 1 aromatic carbocycles. The fraction of sp³-hybridized carbons (Fsp3) is 0.522. The molecule has 0 radical (unpaired) electrons. The molecule has 0 aliphatic carbocycles. The molecule has 160 valence electrons. The molecule has 4 rings (SSSR count). The zero-order valence-electron chi connectivity index (χ0n) is 18.0. The summed E-state index contributed by atoms with van der Waals surface area (Å²) in [5, 5.41) is 7.05. The van der Waals surface area contributed by atoms with Gasteiger partial charge in [0.2, 0.25) is 5.95 Å². The molecule has 2 N–H and O–H groups in total. The molecule has 6 nitrogen and oxygen atoms in total. The lowest BCUT2D eigenvalue weighted by Crippen LogP contribution is -2.35. The summed E-state index contributed by atoms with van der Waals surface area (Å²) in [5.41, 5.74) is 2.45. The molecular weight excluding hydrogens is 392 g/mol. The van der Waals surface area contributed by atoms with E-state index in [-0.39, 0.29) is 0 Å². The van der Waals surface area contributed by atoms with Crippen LogP contribution in [-0.2, 0) is 6.54 Å². The molecule has 0 bridgehead atoms. The van der Waals surface area contributed by atoms with Gasteiger partial charge in [-0.1, -0.05) is 36.8 Å². The fourth-order valence-electron chi connectivity index (χ4n) is 4.18. The quantitative estimate of drug-likeness (QED) is 0.701. The zero-order valence-corrected chi connectivity index (χ0v) is 18.8. The number of benzene rings is 1. The summed E-state index contributed by atoms with van der Waals surface area (Å²) in [7, 11) is 0. The van der Waals surface area contributed by atoms with Crippen LogP contribution in [0.2, 0.25) is 0 Å². The van der Waals surface area contributed by atoms with E-state index in [0.717, 1.165) is 37.8 Å². The fourth-order valence-corrected chi connectivity index (χ4v) is 4.34. The third-order valence-corrected chi connectivity index (χ3v) is 6.16. The second kappa shape index (κ2) is 9.60. The third kappa shape index (κ3) is 5.39. The summed E-state index contributed by atoms with van der Waals surface area (Å²) in [6.45, 7) is 9.30. The Labute approximate surface area is 185 Å². The van der Waals surface area contributed by atoms with Gasteiger partial charge in [0, 0.05) is 38.8 Å². The minimum Gasteiger partial charge on any atom is -0.358 e. The van der Waals surface area contributed by atoms with E-state index in [1.54, 1.807) is 0 Å². The van der Waals surface area contributed by atoms with E-state index in [0.29, 0.717) is 23.5 Å². The Kier molecular flexibility index (Phi) is 6.67. The first-order valence-corrected chi connectivity index (χ1v) is 11.5. The highest BCUT2D eigenvalue weighted by atomic mass is 32.1. The number of nitrogens with one attached hydrogen (secondary N) is 2. The van der Waals surface area contributed by atoms with Crippen LogP contribution in [0.5, 0.6) is 0 Å². The number of thiocarbonyl (C=S) groups is 1. The SMILES string of the molecule is Cc1ccc(CNC(=S)Nc2nc(N3CCCC3)cc(N3CCC[C@@H](C)C3)n2)cc1. The number of anilines is 3. The lowest BCUT2D eigenvalue weighted by atomic mass is 10.0. The summed E-state index contributed by atoms with van der Waals surface area (Å²) in [4.78, 5) is 14.4. The van der Waals surface area contributed by atoms with Crippen molar-refractivity contribution in [2.75, 3.05) is 41.3 Å². The van der Waals surface area contributed by atoms with Gasteiger partial charge in [-0.2, -0.15) is 9.97 Å². The van der Waals surface area contributed by atoms with Gasteiger partial charge in [0.05, 0.1) is 0 Å². The Bertz CT molecular complexity index is 862. The molecule has 0 spiro atoms. The van der Waals surface area contributed by atoms with Crippen LogP contribution in [0.4, 0.5) is 17.6 Å². The van der Waals surface area contributed by atoms with Crippen molar-refractivity contribution in [2.24, 2.45) is 5.92 Å². The van der Waals surface area contributed by atoms with Crippen molar-refractivity contribution >= 4 is 34.9 Å². The van der Waals surface area contributed by atoms with Crippen LogP contribution in [0.15, 0.2) is 30.3 Å². The second-order valence-electron chi connectivity index (χ2n) is 8.59. The molecular formula is C23H32N6S. The molecule has 1 aromatic heterocycles. The number of aromatic nitrogens is 2. The van der Waals surface area contributed by atoms with Crippen molar-refractivity contribution in [2.45, 2.75) is 46.1 Å². The maximum absolute atomic E-state index is 5.53. The van der Waals surface area contributed by atoms with E-state index in [1.807, 2.05) is 0 Å². The first kappa shape index (κ1) is 20.8. The lowest BCUT2D eigenvalue weighted by Gasteiger charge is -2.32. The molecule has 3 heterocycles. The Balaban J connectivity index is 1.47. The number of rotatable bonds is 5. The van der Waals surface area contributed by atoms with Crippen molar-refractivity contribution < 1.29 is 0 Å². The molecule has 2 aliphatic rings. The topological polar surface area (TPSA) is 56.3 Å². The van der Waals surface area contributed by atoms with Gasteiger partial charge < -0.3 is 20.4 Å². The normalized spacial score (nSPS) is 19.1. The second-order valence-corrected chi connectivity index (χ2v) is 9.00. The molecule has 0 unspecified atom stereocenters. The highest BCUT2D eigenvalue weighted by Gasteiger charge is 2.22. The predicted octanol–water partition coefficient (Wildman–Crippen LogP) is 4.11. The summed E-state index contributed by atoms with van der Waals surface area (Å²) in [5.74, 6) is 3.27. The molecule has 7 heteroatoms. The van der Waals surface area contributed by atoms with Gasteiger partial charge in [-0.3, -0.25) is 0 Å². The van der Waals surface area contributed by atoms with Gasteiger partial charge in [-0.15, -0.1) is 0 Å². The van der Waals surface area contributed by atoms with Crippen LogP contribution >= 0.6 is 12.2 Å². The Morgan fingerprint density at radius 3 is 2.40 bits per heavy atom. The van der Waals surface area contributed by atoms with Crippen LogP contribution in [0, 0.1) is 12.8 Å². The molecule has 0 saturated carbocycles. The van der Waals surface area contributed by atoms with Crippen LogP contribution in [0.25, 0.3) is 0 Å². The molecule has 2 aliphatic heterocycles. The number of hydrogen-bond acceptors (Lipinski definition) is 5. The predicted molar refractivity (Wildman–Crippen MR) is 128 cm³/mol. The van der Waals surface area contributed by atoms with Crippen LogP contribution in [-0.4, -0.2) is 41.3 Å². The van der Waals surface area contributed by atoms with Crippen molar-refractivity contribution in [3.63, 3.8) is 0 Å². The van der Waals surface area contributed by atoms with Gasteiger partial charge in [0.1, 0.15) is 11.6 Å². The van der Waals surface area contributed by atoms with E-state index >= 15 is 0 Å². The smallest absolute Gasteiger partial charge is 0.232 e. The Morgan fingerprint density at radius 1 is 1.03 bits per heavy atom. The molecule has 0 amide bonds. The van der Waals surface area contributed by atoms with Gasteiger partial charge in [0.25, 0.3) is 0 Å². The molecule has 30 heavy (non-hydrogen) atoms.